The molecule has 3 nitrogen and oxygen atoms in total. The molecule has 1 N–H and O–H groups in total. The topological polar surface area (TPSA) is 37.8 Å². The summed E-state index contributed by atoms with van der Waals surface area (Å²) >= 11 is 0. The van der Waals surface area contributed by atoms with Crippen LogP contribution in [0.25, 0.3) is 22.0 Å². The van der Waals surface area contributed by atoms with Gasteiger partial charge < -0.3 is 5.32 Å². The number of rotatable bonds is 3. The van der Waals surface area contributed by atoms with E-state index in [9.17, 15) is 8.78 Å². The third-order valence-corrected chi connectivity index (χ3v) is 3.22. The van der Waals surface area contributed by atoms with Crippen molar-refractivity contribution >= 4 is 16.6 Å². The molecule has 3 aromatic rings. The van der Waals surface area contributed by atoms with Crippen molar-refractivity contribution < 1.29 is 8.78 Å². The average molecular weight is 285 g/mol. The molecule has 21 heavy (non-hydrogen) atoms. The van der Waals surface area contributed by atoms with Crippen LogP contribution in [0.15, 0.2) is 42.5 Å². The van der Waals surface area contributed by atoms with Crippen molar-refractivity contribution in [2.45, 2.75) is 6.92 Å². The van der Waals surface area contributed by atoms with Crippen LogP contribution in [0.5, 0.6) is 0 Å². The van der Waals surface area contributed by atoms with E-state index in [1.54, 1.807) is 0 Å². The van der Waals surface area contributed by atoms with Crippen LogP contribution in [-0.4, -0.2) is 16.7 Å². The Morgan fingerprint density at radius 2 is 1.76 bits per heavy atom. The second kappa shape index (κ2) is 5.44. The van der Waals surface area contributed by atoms with Gasteiger partial charge in [-0.2, -0.15) is 0 Å². The fourth-order valence-corrected chi connectivity index (χ4v) is 2.28. The number of nitrogens with zero attached hydrogens (tertiary/aromatic N) is 2. The van der Waals surface area contributed by atoms with Gasteiger partial charge >= 0.3 is 0 Å². The number of hydrogen-bond acceptors (Lipinski definition) is 3. The SMILES string of the molecule is CCNc1nnc(-c2ccc(F)cc2F)c2ccccc12. The second-order valence-corrected chi connectivity index (χ2v) is 4.60. The number of hydrogen-bond donors (Lipinski definition) is 1. The number of fused-ring (bicyclic) bond motifs is 1. The first kappa shape index (κ1) is 13.4. The summed E-state index contributed by atoms with van der Waals surface area (Å²) < 4.78 is 27.0. The van der Waals surface area contributed by atoms with Crippen molar-refractivity contribution in [1.82, 2.24) is 10.2 Å². The fraction of sp³-hybridized carbons (Fsp3) is 0.125. The van der Waals surface area contributed by atoms with Crippen LogP contribution in [0.1, 0.15) is 6.92 Å². The van der Waals surface area contributed by atoms with Crippen LogP contribution < -0.4 is 5.32 Å². The largest absolute Gasteiger partial charge is 0.368 e. The highest BCUT2D eigenvalue weighted by Crippen LogP contribution is 2.31. The summed E-state index contributed by atoms with van der Waals surface area (Å²) in [5.74, 6) is -0.609. The molecular formula is C16H13F2N3. The summed E-state index contributed by atoms with van der Waals surface area (Å²) in [6.45, 7) is 2.67. The van der Waals surface area contributed by atoms with Crippen molar-refractivity contribution in [3.63, 3.8) is 0 Å². The van der Waals surface area contributed by atoms with Crippen molar-refractivity contribution in [1.29, 1.82) is 0 Å². The number of aromatic nitrogens is 2. The van der Waals surface area contributed by atoms with E-state index in [0.29, 0.717) is 18.1 Å². The highest BCUT2D eigenvalue weighted by Gasteiger charge is 2.14. The molecule has 0 fully saturated rings. The summed E-state index contributed by atoms with van der Waals surface area (Å²) in [6, 6.07) is 10.9. The van der Waals surface area contributed by atoms with Crippen LogP contribution in [0.4, 0.5) is 14.6 Å². The maximum Gasteiger partial charge on any atom is 0.156 e. The third-order valence-electron chi connectivity index (χ3n) is 3.22. The predicted octanol–water partition coefficient (Wildman–Crippen LogP) is 4.01. The Kier molecular flexibility index (Phi) is 3.48. The minimum atomic E-state index is -0.648. The van der Waals surface area contributed by atoms with Crippen LogP contribution in [0, 0.1) is 11.6 Å². The highest BCUT2D eigenvalue weighted by atomic mass is 19.1. The molecule has 106 valence electrons. The van der Waals surface area contributed by atoms with E-state index in [1.165, 1.54) is 12.1 Å². The Balaban J connectivity index is 2.26. The standard InChI is InChI=1S/C16H13F2N3/c1-2-19-16-12-6-4-3-5-11(12)15(20-21-16)13-8-7-10(17)9-14(13)18/h3-9H,2H2,1H3,(H,19,21). The smallest absolute Gasteiger partial charge is 0.156 e. The quantitative estimate of drug-likeness (QED) is 0.790. The zero-order valence-corrected chi connectivity index (χ0v) is 11.4. The van der Waals surface area contributed by atoms with Crippen molar-refractivity contribution in [2.24, 2.45) is 0 Å². The molecule has 0 amide bonds. The van der Waals surface area contributed by atoms with Gasteiger partial charge in [-0.15, -0.1) is 10.2 Å². The summed E-state index contributed by atoms with van der Waals surface area (Å²) in [7, 11) is 0. The van der Waals surface area contributed by atoms with Crippen LogP contribution in [0.3, 0.4) is 0 Å². The molecular weight excluding hydrogens is 272 g/mol. The van der Waals surface area contributed by atoms with Gasteiger partial charge in [0.05, 0.1) is 0 Å². The zero-order valence-electron chi connectivity index (χ0n) is 11.4. The van der Waals surface area contributed by atoms with Gasteiger partial charge in [-0.25, -0.2) is 8.78 Å². The molecule has 0 spiro atoms. The lowest BCUT2D eigenvalue weighted by Gasteiger charge is -2.10. The first-order valence-corrected chi connectivity index (χ1v) is 6.65. The second-order valence-electron chi connectivity index (χ2n) is 4.60. The first-order valence-electron chi connectivity index (χ1n) is 6.65. The van der Waals surface area contributed by atoms with Gasteiger partial charge in [0.15, 0.2) is 5.82 Å². The molecule has 0 aliphatic heterocycles. The molecule has 0 saturated carbocycles. The Morgan fingerprint density at radius 1 is 1.00 bits per heavy atom. The van der Waals surface area contributed by atoms with E-state index >= 15 is 0 Å². The first-order chi connectivity index (χ1) is 10.2. The lowest BCUT2D eigenvalue weighted by atomic mass is 10.0. The molecule has 0 bridgehead atoms. The molecule has 0 aliphatic rings. The van der Waals surface area contributed by atoms with Gasteiger partial charge in [-0.1, -0.05) is 24.3 Å². The lowest BCUT2D eigenvalue weighted by molar-refractivity contribution is 0.585. The molecule has 3 rings (SSSR count). The Morgan fingerprint density at radius 3 is 2.48 bits per heavy atom. The van der Waals surface area contributed by atoms with E-state index in [2.05, 4.69) is 15.5 Å². The average Bonchev–Trinajstić information content (AvgIpc) is 2.49. The van der Waals surface area contributed by atoms with Gasteiger partial charge in [0.1, 0.15) is 17.3 Å². The minimum Gasteiger partial charge on any atom is -0.368 e. The van der Waals surface area contributed by atoms with Gasteiger partial charge in [0.2, 0.25) is 0 Å². The van der Waals surface area contributed by atoms with Gasteiger partial charge in [0.25, 0.3) is 0 Å². The summed E-state index contributed by atoms with van der Waals surface area (Å²) in [5, 5.41) is 13.0. The predicted molar refractivity (Wildman–Crippen MR) is 79.1 cm³/mol. The molecule has 1 heterocycles. The van der Waals surface area contributed by atoms with E-state index in [1.807, 2.05) is 31.2 Å². The lowest BCUT2D eigenvalue weighted by Crippen LogP contribution is -2.03. The van der Waals surface area contributed by atoms with E-state index < -0.39 is 11.6 Å². The summed E-state index contributed by atoms with van der Waals surface area (Å²) in [4.78, 5) is 0. The molecule has 1 aromatic heterocycles. The van der Waals surface area contributed by atoms with E-state index in [0.717, 1.165) is 16.8 Å². The molecule has 0 saturated heterocycles. The van der Waals surface area contributed by atoms with E-state index in [4.69, 9.17) is 0 Å². The molecule has 2 aromatic carbocycles. The fourth-order valence-electron chi connectivity index (χ4n) is 2.28. The number of anilines is 1. The van der Waals surface area contributed by atoms with Crippen LogP contribution >= 0.6 is 0 Å². The maximum atomic E-state index is 14.0. The number of halogens is 2. The molecule has 5 heteroatoms. The monoisotopic (exact) mass is 285 g/mol. The van der Waals surface area contributed by atoms with Crippen molar-refractivity contribution in [2.75, 3.05) is 11.9 Å². The van der Waals surface area contributed by atoms with Crippen molar-refractivity contribution in [3.05, 3.63) is 54.1 Å². The van der Waals surface area contributed by atoms with Crippen LogP contribution in [-0.2, 0) is 0 Å². The van der Waals surface area contributed by atoms with Gasteiger partial charge in [-0.3, -0.25) is 0 Å². The summed E-state index contributed by atoms with van der Waals surface area (Å²) in [5.41, 5.74) is 0.646. The molecule has 0 unspecified atom stereocenters. The Hall–Kier alpha value is -2.56. The molecule has 0 atom stereocenters. The van der Waals surface area contributed by atoms with Crippen LogP contribution in [0.2, 0.25) is 0 Å². The van der Waals surface area contributed by atoms with Gasteiger partial charge in [-0.05, 0) is 19.1 Å². The summed E-state index contributed by atoms with van der Waals surface area (Å²) in [6.07, 6.45) is 0. The highest BCUT2D eigenvalue weighted by molar-refractivity contribution is 6.00. The third kappa shape index (κ3) is 2.42. The zero-order chi connectivity index (χ0) is 14.8. The number of nitrogens with one attached hydrogen (secondary N) is 1. The molecule has 0 aliphatic carbocycles. The minimum absolute atomic E-state index is 0.239. The van der Waals surface area contributed by atoms with E-state index in [-0.39, 0.29) is 5.56 Å². The van der Waals surface area contributed by atoms with Crippen molar-refractivity contribution in [3.8, 4) is 11.3 Å². The molecule has 0 radical (unpaired) electrons. The number of benzene rings is 2. The Labute approximate surface area is 120 Å². The normalized spacial score (nSPS) is 10.8. The van der Waals surface area contributed by atoms with Gasteiger partial charge in [0, 0.05) is 28.9 Å². The maximum absolute atomic E-state index is 14.0. The Bertz CT molecular complexity index is 803.